The number of amides is 1. The molecule has 2 aromatic rings. The van der Waals surface area contributed by atoms with Crippen molar-refractivity contribution >= 4 is 17.4 Å². The van der Waals surface area contributed by atoms with E-state index in [2.05, 4.69) is 5.32 Å². The first-order chi connectivity index (χ1) is 11.8. The number of benzene rings is 2. The molecule has 0 unspecified atom stereocenters. The minimum atomic E-state index is -4.73. The molecular weight excluding hydrogens is 335 g/mol. The van der Waals surface area contributed by atoms with Gasteiger partial charge in [0.05, 0.1) is 11.5 Å². The second kappa shape index (κ2) is 6.23. The smallest absolute Gasteiger partial charge is 0.420 e. The number of ketones is 1. The fraction of sp³-hybridized carbons (Fsp3) is 0.222. The monoisotopic (exact) mass is 349 g/mol. The zero-order valence-corrected chi connectivity index (χ0v) is 12.9. The molecule has 0 fully saturated rings. The second-order valence-corrected chi connectivity index (χ2v) is 5.82. The SMILES string of the molecule is O=C1CC[C@H](C(=O)Nc2ccc(O)c(C(F)(F)F)c2)c2ccccc21. The minimum absolute atomic E-state index is 0.0522. The summed E-state index contributed by atoms with van der Waals surface area (Å²) in [6, 6.07) is 9.49. The van der Waals surface area contributed by atoms with Crippen molar-refractivity contribution in [1.29, 1.82) is 0 Å². The molecule has 0 bridgehead atoms. The molecule has 25 heavy (non-hydrogen) atoms. The van der Waals surface area contributed by atoms with Crippen molar-refractivity contribution in [1.82, 2.24) is 0 Å². The highest BCUT2D eigenvalue weighted by Gasteiger charge is 2.35. The van der Waals surface area contributed by atoms with Crippen LogP contribution < -0.4 is 5.32 Å². The molecule has 0 saturated heterocycles. The van der Waals surface area contributed by atoms with Crippen molar-refractivity contribution in [3.63, 3.8) is 0 Å². The zero-order valence-electron chi connectivity index (χ0n) is 12.9. The normalized spacial score (nSPS) is 17.1. The summed E-state index contributed by atoms with van der Waals surface area (Å²) in [5, 5.41) is 11.8. The van der Waals surface area contributed by atoms with Crippen molar-refractivity contribution in [2.45, 2.75) is 24.9 Å². The fourth-order valence-electron chi connectivity index (χ4n) is 2.96. The standard InChI is InChI=1S/C18H14F3NO3/c19-18(20,21)14-9-10(5-7-16(14)24)22-17(25)13-6-8-15(23)12-4-2-1-3-11(12)13/h1-5,7,9,13,24H,6,8H2,(H,22,25)/t13-/m0/s1. The zero-order chi connectivity index (χ0) is 18.2. The van der Waals surface area contributed by atoms with E-state index in [4.69, 9.17) is 0 Å². The third kappa shape index (κ3) is 3.35. The number of phenols is 1. The van der Waals surface area contributed by atoms with Crippen LogP contribution in [0.4, 0.5) is 18.9 Å². The Bertz CT molecular complexity index is 846. The average molecular weight is 349 g/mol. The van der Waals surface area contributed by atoms with Gasteiger partial charge in [-0.25, -0.2) is 0 Å². The number of Topliss-reactive ketones (excluding diaryl/α,β-unsaturated/α-hetero) is 1. The van der Waals surface area contributed by atoms with Gasteiger partial charge in [-0.2, -0.15) is 13.2 Å². The van der Waals surface area contributed by atoms with Crippen LogP contribution in [0.15, 0.2) is 42.5 Å². The van der Waals surface area contributed by atoms with E-state index in [1.54, 1.807) is 24.3 Å². The number of aromatic hydroxyl groups is 1. The summed E-state index contributed by atoms with van der Waals surface area (Å²) >= 11 is 0. The van der Waals surface area contributed by atoms with Crippen LogP contribution >= 0.6 is 0 Å². The van der Waals surface area contributed by atoms with Gasteiger partial charge >= 0.3 is 6.18 Å². The minimum Gasteiger partial charge on any atom is -0.507 e. The first kappa shape index (κ1) is 17.0. The Morgan fingerprint density at radius 1 is 1.16 bits per heavy atom. The Balaban J connectivity index is 1.87. The van der Waals surface area contributed by atoms with E-state index < -0.39 is 29.3 Å². The van der Waals surface area contributed by atoms with Crippen molar-refractivity contribution in [3.05, 3.63) is 59.2 Å². The molecule has 1 atom stereocenters. The molecule has 0 radical (unpaired) electrons. The second-order valence-electron chi connectivity index (χ2n) is 5.82. The molecule has 130 valence electrons. The van der Waals surface area contributed by atoms with Gasteiger partial charge in [0.2, 0.25) is 5.91 Å². The summed E-state index contributed by atoms with van der Waals surface area (Å²) in [7, 11) is 0. The van der Waals surface area contributed by atoms with Gasteiger partial charge in [0, 0.05) is 17.7 Å². The van der Waals surface area contributed by atoms with Crippen molar-refractivity contribution in [3.8, 4) is 5.75 Å². The Morgan fingerprint density at radius 2 is 1.88 bits per heavy atom. The lowest BCUT2D eigenvalue weighted by Gasteiger charge is -2.24. The number of anilines is 1. The molecule has 7 heteroatoms. The predicted molar refractivity (Wildman–Crippen MR) is 84.5 cm³/mol. The topological polar surface area (TPSA) is 66.4 Å². The molecule has 2 N–H and O–H groups in total. The molecule has 0 spiro atoms. The van der Waals surface area contributed by atoms with Crippen LogP contribution in [0, 0.1) is 0 Å². The summed E-state index contributed by atoms with van der Waals surface area (Å²) in [4.78, 5) is 24.4. The van der Waals surface area contributed by atoms with Gasteiger partial charge in [0.15, 0.2) is 5.78 Å². The van der Waals surface area contributed by atoms with E-state index in [1.807, 2.05) is 0 Å². The lowest BCUT2D eigenvalue weighted by Crippen LogP contribution is -2.27. The number of nitrogens with one attached hydrogen (secondary N) is 1. The van der Waals surface area contributed by atoms with Crippen LogP contribution in [0.3, 0.4) is 0 Å². The Labute approximate surface area is 141 Å². The van der Waals surface area contributed by atoms with E-state index in [9.17, 15) is 27.9 Å². The molecule has 0 saturated carbocycles. The molecule has 1 amide bonds. The Hall–Kier alpha value is -2.83. The number of fused-ring (bicyclic) bond motifs is 1. The first-order valence-electron chi connectivity index (χ1n) is 7.60. The maximum absolute atomic E-state index is 12.9. The van der Waals surface area contributed by atoms with Crippen LogP contribution in [0.1, 0.15) is 40.2 Å². The quantitative estimate of drug-likeness (QED) is 0.802. The first-order valence-corrected chi connectivity index (χ1v) is 7.60. The fourth-order valence-corrected chi connectivity index (χ4v) is 2.96. The van der Waals surface area contributed by atoms with E-state index in [1.165, 1.54) is 6.07 Å². The van der Waals surface area contributed by atoms with Gasteiger partial charge in [0.1, 0.15) is 5.75 Å². The lowest BCUT2D eigenvalue weighted by molar-refractivity contribution is -0.138. The van der Waals surface area contributed by atoms with Gasteiger partial charge < -0.3 is 10.4 Å². The average Bonchev–Trinajstić information content (AvgIpc) is 2.56. The highest BCUT2D eigenvalue weighted by Crippen LogP contribution is 2.38. The molecule has 3 rings (SSSR count). The van der Waals surface area contributed by atoms with Crippen molar-refractivity contribution in [2.24, 2.45) is 0 Å². The molecular formula is C18H14F3NO3. The summed E-state index contributed by atoms with van der Waals surface area (Å²) in [6.45, 7) is 0. The number of hydrogen-bond donors (Lipinski definition) is 2. The Morgan fingerprint density at radius 3 is 2.60 bits per heavy atom. The highest BCUT2D eigenvalue weighted by molar-refractivity contribution is 6.04. The third-order valence-corrected chi connectivity index (χ3v) is 4.18. The van der Waals surface area contributed by atoms with Crippen LogP contribution in [-0.2, 0) is 11.0 Å². The Kier molecular flexibility index (Phi) is 4.24. The number of hydrogen-bond acceptors (Lipinski definition) is 3. The van der Waals surface area contributed by atoms with E-state index >= 15 is 0 Å². The van der Waals surface area contributed by atoms with Gasteiger partial charge in [0.25, 0.3) is 0 Å². The molecule has 0 aromatic heterocycles. The van der Waals surface area contributed by atoms with Crippen LogP contribution in [0.5, 0.6) is 5.75 Å². The van der Waals surface area contributed by atoms with Crippen molar-refractivity contribution < 1.29 is 27.9 Å². The number of carbonyl (C=O) groups excluding carboxylic acids is 2. The van der Waals surface area contributed by atoms with Crippen LogP contribution in [-0.4, -0.2) is 16.8 Å². The van der Waals surface area contributed by atoms with Crippen molar-refractivity contribution in [2.75, 3.05) is 5.32 Å². The highest BCUT2D eigenvalue weighted by atomic mass is 19.4. The molecule has 4 nitrogen and oxygen atoms in total. The van der Waals surface area contributed by atoms with Gasteiger partial charge in [-0.1, -0.05) is 24.3 Å². The largest absolute Gasteiger partial charge is 0.507 e. The summed E-state index contributed by atoms with van der Waals surface area (Å²) < 4.78 is 38.6. The van der Waals surface area contributed by atoms with E-state index in [0.29, 0.717) is 23.6 Å². The molecule has 0 aliphatic heterocycles. The van der Waals surface area contributed by atoms with Gasteiger partial charge in [-0.05, 0) is 30.2 Å². The lowest BCUT2D eigenvalue weighted by atomic mass is 9.81. The molecule has 2 aromatic carbocycles. The van der Waals surface area contributed by atoms with Crippen LogP contribution in [0.25, 0.3) is 0 Å². The van der Waals surface area contributed by atoms with Crippen LogP contribution in [0.2, 0.25) is 0 Å². The maximum Gasteiger partial charge on any atom is 0.420 e. The molecule has 1 aliphatic rings. The number of halogens is 3. The van der Waals surface area contributed by atoms with Gasteiger partial charge in [-0.15, -0.1) is 0 Å². The number of alkyl halides is 3. The molecule has 0 heterocycles. The van der Waals surface area contributed by atoms with E-state index in [-0.39, 0.29) is 17.9 Å². The third-order valence-electron chi connectivity index (χ3n) is 4.18. The summed E-state index contributed by atoms with van der Waals surface area (Å²) in [6.07, 6.45) is -4.22. The summed E-state index contributed by atoms with van der Waals surface area (Å²) in [5.41, 5.74) is -0.240. The maximum atomic E-state index is 12.9. The van der Waals surface area contributed by atoms with E-state index in [0.717, 1.165) is 6.07 Å². The number of rotatable bonds is 2. The van der Waals surface area contributed by atoms with Gasteiger partial charge in [-0.3, -0.25) is 9.59 Å². The predicted octanol–water partition coefficient (Wildman–Crippen LogP) is 4.11. The number of phenolic OH excluding ortho intramolecular Hbond substituents is 1. The molecule has 1 aliphatic carbocycles. The summed E-state index contributed by atoms with van der Waals surface area (Å²) in [5.74, 6) is -2.06. The number of carbonyl (C=O) groups is 2.